The van der Waals surface area contributed by atoms with Crippen LogP contribution in [0.1, 0.15) is 47.8 Å². The first-order valence-corrected chi connectivity index (χ1v) is 8.84. The minimum atomic E-state index is -0.343. The normalized spacial score (nSPS) is 15.7. The van der Waals surface area contributed by atoms with Crippen molar-refractivity contribution < 1.29 is 9.53 Å². The van der Waals surface area contributed by atoms with Crippen molar-refractivity contribution in [3.05, 3.63) is 70.8 Å². The summed E-state index contributed by atoms with van der Waals surface area (Å²) in [7, 11) is 1.73. The zero-order chi connectivity index (χ0) is 18.1. The van der Waals surface area contributed by atoms with Crippen molar-refractivity contribution in [2.75, 3.05) is 13.7 Å². The Hall–Kier alpha value is -2.13. The van der Waals surface area contributed by atoms with Gasteiger partial charge in [-0.1, -0.05) is 57.2 Å². The fraction of sp³-hybridized carbons (Fsp3) is 0.409. The first-order valence-electron chi connectivity index (χ1n) is 8.84. The number of hydrogen-bond acceptors (Lipinski definition) is 2. The van der Waals surface area contributed by atoms with Gasteiger partial charge in [-0.05, 0) is 34.2 Å². The maximum Gasteiger partial charge on any atom is 0.251 e. The van der Waals surface area contributed by atoms with Crippen LogP contribution in [0.4, 0.5) is 0 Å². The number of carbonyl (C=O) groups is 1. The molecule has 25 heavy (non-hydrogen) atoms. The highest BCUT2D eigenvalue weighted by Crippen LogP contribution is 2.32. The molecular formula is C22H27NO2. The van der Waals surface area contributed by atoms with Gasteiger partial charge in [-0.2, -0.15) is 0 Å². The molecule has 3 nitrogen and oxygen atoms in total. The highest BCUT2D eigenvalue weighted by molar-refractivity contribution is 5.94. The van der Waals surface area contributed by atoms with Gasteiger partial charge in [0.05, 0.1) is 5.60 Å². The highest BCUT2D eigenvalue weighted by Gasteiger charge is 2.37. The summed E-state index contributed by atoms with van der Waals surface area (Å²) < 4.78 is 5.82. The van der Waals surface area contributed by atoms with Crippen LogP contribution >= 0.6 is 0 Å². The summed E-state index contributed by atoms with van der Waals surface area (Å²) in [5, 5.41) is 3.06. The van der Waals surface area contributed by atoms with Crippen LogP contribution in [0.5, 0.6) is 0 Å². The van der Waals surface area contributed by atoms with Crippen LogP contribution < -0.4 is 5.32 Å². The van der Waals surface area contributed by atoms with E-state index in [9.17, 15) is 4.79 Å². The molecule has 0 saturated carbocycles. The highest BCUT2D eigenvalue weighted by atomic mass is 16.5. The van der Waals surface area contributed by atoms with Gasteiger partial charge < -0.3 is 10.1 Å². The summed E-state index contributed by atoms with van der Waals surface area (Å²) in [5.74, 6) is -0.0483. The fourth-order valence-corrected chi connectivity index (χ4v) is 3.47. The Morgan fingerprint density at radius 1 is 1.04 bits per heavy atom. The Balaban J connectivity index is 1.66. The molecule has 1 aliphatic rings. The van der Waals surface area contributed by atoms with E-state index in [0.29, 0.717) is 12.1 Å². The van der Waals surface area contributed by atoms with E-state index in [1.165, 1.54) is 16.7 Å². The summed E-state index contributed by atoms with van der Waals surface area (Å²) in [5.41, 5.74) is 4.29. The van der Waals surface area contributed by atoms with Gasteiger partial charge in [0.2, 0.25) is 0 Å². The van der Waals surface area contributed by atoms with Gasteiger partial charge >= 0.3 is 0 Å². The second-order valence-corrected chi connectivity index (χ2v) is 8.02. The van der Waals surface area contributed by atoms with Gasteiger partial charge in [-0.3, -0.25) is 4.79 Å². The molecule has 132 valence electrons. The van der Waals surface area contributed by atoms with E-state index in [4.69, 9.17) is 4.74 Å². The standard InChI is InChI=1S/C22H27NO2/c1-21(2,3)19-11-9-16(10-12-19)20(24)23-15-22(25-4)13-17-7-5-6-8-18(17)14-22/h5-12H,13-15H2,1-4H3,(H,23,24). The van der Waals surface area contributed by atoms with Crippen LogP contribution in [0.25, 0.3) is 0 Å². The molecule has 0 aliphatic heterocycles. The molecule has 0 spiro atoms. The second kappa shape index (κ2) is 6.64. The minimum Gasteiger partial charge on any atom is -0.376 e. The largest absolute Gasteiger partial charge is 0.376 e. The van der Waals surface area contributed by atoms with Gasteiger partial charge in [-0.15, -0.1) is 0 Å². The average Bonchev–Trinajstić information content (AvgIpc) is 2.98. The van der Waals surface area contributed by atoms with E-state index < -0.39 is 0 Å². The summed E-state index contributed by atoms with van der Waals surface area (Å²) in [6, 6.07) is 16.3. The van der Waals surface area contributed by atoms with E-state index in [2.05, 4.69) is 50.4 Å². The molecule has 0 saturated heterocycles. The monoisotopic (exact) mass is 337 g/mol. The number of hydrogen-bond donors (Lipinski definition) is 1. The Labute approximate surface area is 150 Å². The van der Waals surface area contributed by atoms with E-state index >= 15 is 0 Å². The van der Waals surface area contributed by atoms with E-state index in [1.807, 2.05) is 24.3 Å². The molecule has 0 radical (unpaired) electrons. The molecule has 2 aromatic carbocycles. The SMILES string of the molecule is COC1(CNC(=O)c2ccc(C(C)(C)C)cc2)Cc2ccccc2C1. The van der Waals surface area contributed by atoms with Crippen LogP contribution in [0, 0.1) is 0 Å². The predicted molar refractivity (Wildman–Crippen MR) is 101 cm³/mol. The minimum absolute atomic E-state index is 0.0483. The average molecular weight is 337 g/mol. The second-order valence-electron chi connectivity index (χ2n) is 8.02. The van der Waals surface area contributed by atoms with E-state index in [1.54, 1.807) is 7.11 Å². The summed E-state index contributed by atoms with van der Waals surface area (Å²) in [4.78, 5) is 12.5. The molecule has 1 aliphatic carbocycles. The summed E-state index contributed by atoms with van der Waals surface area (Å²) >= 11 is 0. The number of fused-ring (bicyclic) bond motifs is 1. The number of carbonyl (C=O) groups excluding carboxylic acids is 1. The lowest BCUT2D eigenvalue weighted by Gasteiger charge is -2.28. The fourth-order valence-electron chi connectivity index (χ4n) is 3.47. The van der Waals surface area contributed by atoms with Gasteiger partial charge in [0.25, 0.3) is 5.91 Å². The molecule has 1 N–H and O–H groups in total. The van der Waals surface area contributed by atoms with Gasteiger partial charge in [-0.25, -0.2) is 0 Å². The molecule has 0 aromatic heterocycles. The number of ether oxygens (including phenoxy) is 1. The molecule has 3 rings (SSSR count). The Morgan fingerprint density at radius 2 is 1.60 bits per heavy atom. The zero-order valence-corrected chi connectivity index (χ0v) is 15.6. The van der Waals surface area contributed by atoms with Crippen LogP contribution in [0.15, 0.2) is 48.5 Å². The lowest BCUT2D eigenvalue weighted by molar-refractivity contribution is 0.000176. The first-order chi connectivity index (χ1) is 11.8. The Bertz CT molecular complexity index is 731. The van der Waals surface area contributed by atoms with Crippen LogP contribution in [0.2, 0.25) is 0 Å². The molecule has 0 bridgehead atoms. The smallest absolute Gasteiger partial charge is 0.251 e. The van der Waals surface area contributed by atoms with Crippen molar-refractivity contribution in [3.8, 4) is 0 Å². The molecule has 0 fully saturated rings. The quantitative estimate of drug-likeness (QED) is 0.919. The van der Waals surface area contributed by atoms with Crippen molar-refractivity contribution in [1.82, 2.24) is 5.32 Å². The Kier molecular flexibility index (Phi) is 4.70. The van der Waals surface area contributed by atoms with Crippen LogP contribution in [-0.2, 0) is 23.0 Å². The van der Waals surface area contributed by atoms with Gasteiger partial charge in [0.15, 0.2) is 0 Å². The van der Waals surface area contributed by atoms with Gasteiger partial charge in [0, 0.05) is 32.1 Å². The summed E-state index contributed by atoms with van der Waals surface area (Å²) in [6.45, 7) is 7.02. The molecular weight excluding hydrogens is 310 g/mol. The van der Waals surface area contributed by atoms with E-state index in [-0.39, 0.29) is 16.9 Å². The maximum atomic E-state index is 12.5. The van der Waals surface area contributed by atoms with Crippen molar-refractivity contribution in [1.29, 1.82) is 0 Å². The van der Waals surface area contributed by atoms with Crippen molar-refractivity contribution in [2.24, 2.45) is 0 Å². The van der Waals surface area contributed by atoms with Crippen molar-refractivity contribution >= 4 is 5.91 Å². The summed E-state index contributed by atoms with van der Waals surface area (Å²) in [6.07, 6.45) is 1.67. The molecule has 0 unspecified atom stereocenters. The molecule has 2 aromatic rings. The number of nitrogens with one attached hydrogen (secondary N) is 1. The topological polar surface area (TPSA) is 38.3 Å². The Morgan fingerprint density at radius 3 is 2.08 bits per heavy atom. The van der Waals surface area contributed by atoms with Crippen molar-refractivity contribution in [3.63, 3.8) is 0 Å². The maximum absolute atomic E-state index is 12.5. The van der Waals surface area contributed by atoms with Crippen LogP contribution in [-0.4, -0.2) is 25.2 Å². The van der Waals surface area contributed by atoms with Crippen molar-refractivity contribution in [2.45, 2.75) is 44.6 Å². The predicted octanol–water partition coefficient (Wildman–Crippen LogP) is 3.90. The number of benzene rings is 2. The number of methoxy groups -OCH3 is 1. The van der Waals surface area contributed by atoms with Gasteiger partial charge in [0.1, 0.15) is 0 Å². The van der Waals surface area contributed by atoms with E-state index in [0.717, 1.165) is 12.8 Å². The third kappa shape index (κ3) is 3.77. The lowest BCUT2D eigenvalue weighted by atomic mass is 9.86. The zero-order valence-electron chi connectivity index (χ0n) is 15.6. The molecule has 3 heteroatoms. The lowest BCUT2D eigenvalue weighted by Crippen LogP contribution is -2.45. The number of amides is 1. The molecule has 0 heterocycles. The number of rotatable bonds is 4. The molecule has 0 atom stereocenters. The molecule has 1 amide bonds. The third-order valence-electron chi connectivity index (χ3n) is 5.16. The third-order valence-corrected chi connectivity index (χ3v) is 5.16. The van der Waals surface area contributed by atoms with Crippen LogP contribution in [0.3, 0.4) is 0 Å². The first kappa shape index (κ1) is 17.7.